The van der Waals surface area contributed by atoms with Crippen LogP contribution in [0.5, 0.6) is 11.6 Å². The highest BCUT2D eigenvalue weighted by molar-refractivity contribution is 7.20. The van der Waals surface area contributed by atoms with Crippen molar-refractivity contribution >= 4 is 27.5 Å². The molecule has 0 spiro atoms. The van der Waals surface area contributed by atoms with E-state index in [2.05, 4.69) is 9.97 Å². The number of hydrogen-bond donors (Lipinski definition) is 1. The monoisotopic (exact) mass is 300 g/mol. The number of carbonyl (C=O) groups is 1. The Morgan fingerprint density at radius 3 is 2.71 bits per heavy atom. The van der Waals surface area contributed by atoms with Gasteiger partial charge in [-0.2, -0.15) is 0 Å². The number of aromatic carboxylic acids is 1. The first-order valence-corrected chi connectivity index (χ1v) is 7.10. The van der Waals surface area contributed by atoms with Crippen molar-refractivity contribution in [3.63, 3.8) is 0 Å². The average Bonchev–Trinajstić information content (AvgIpc) is 2.80. The molecular formula is C15H12N2O3S. The molecule has 106 valence electrons. The van der Waals surface area contributed by atoms with Crippen molar-refractivity contribution < 1.29 is 14.6 Å². The molecule has 0 atom stereocenters. The first-order valence-electron chi connectivity index (χ1n) is 6.29. The van der Waals surface area contributed by atoms with Crippen molar-refractivity contribution in [2.75, 3.05) is 0 Å². The van der Waals surface area contributed by atoms with E-state index in [4.69, 9.17) is 4.74 Å². The van der Waals surface area contributed by atoms with E-state index in [0.29, 0.717) is 27.4 Å². The maximum Gasteiger partial charge on any atom is 0.346 e. The first kappa shape index (κ1) is 13.5. The fraction of sp³-hybridized carbons (Fsp3) is 0.133. The van der Waals surface area contributed by atoms with Gasteiger partial charge in [-0.15, -0.1) is 11.3 Å². The molecule has 21 heavy (non-hydrogen) atoms. The summed E-state index contributed by atoms with van der Waals surface area (Å²) < 4.78 is 5.86. The van der Waals surface area contributed by atoms with Gasteiger partial charge in [-0.25, -0.2) is 14.8 Å². The highest BCUT2D eigenvalue weighted by atomic mass is 32.1. The largest absolute Gasteiger partial charge is 0.477 e. The number of carboxylic acid groups (broad SMARTS) is 1. The van der Waals surface area contributed by atoms with Gasteiger partial charge in [-0.1, -0.05) is 18.2 Å². The number of fused-ring (bicyclic) bond motifs is 1. The lowest BCUT2D eigenvalue weighted by molar-refractivity contribution is 0.0701. The molecule has 0 fully saturated rings. The molecule has 0 radical (unpaired) electrons. The highest BCUT2D eigenvalue weighted by Crippen LogP contribution is 2.36. The number of benzene rings is 1. The number of para-hydroxylation sites is 1. The van der Waals surface area contributed by atoms with Crippen LogP contribution in [0.3, 0.4) is 0 Å². The third-order valence-corrected chi connectivity index (χ3v) is 4.37. The number of rotatable bonds is 3. The average molecular weight is 300 g/mol. The van der Waals surface area contributed by atoms with Gasteiger partial charge in [0.25, 0.3) is 0 Å². The maximum absolute atomic E-state index is 11.2. The maximum atomic E-state index is 11.2. The van der Waals surface area contributed by atoms with Crippen LogP contribution in [0.2, 0.25) is 0 Å². The first-order chi connectivity index (χ1) is 10.1. The normalized spacial score (nSPS) is 10.8. The summed E-state index contributed by atoms with van der Waals surface area (Å²) in [5, 5.41) is 9.87. The SMILES string of the molecule is Cc1ccccc1Oc1ncnc2sc(C(=O)O)c(C)c12. The zero-order valence-electron chi connectivity index (χ0n) is 11.5. The number of aromatic nitrogens is 2. The molecule has 5 nitrogen and oxygen atoms in total. The lowest BCUT2D eigenvalue weighted by Crippen LogP contribution is -1.95. The topological polar surface area (TPSA) is 72.3 Å². The molecule has 0 unspecified atom stereocenters. The third kappa shape index (κ3) is 2.34. The molecule has 2 aromatic heterocycles. The van der Waals surface area contributed by atoms with Crippen LogP contribution in [-0.2, 0) is 0 Å². The Kier molecular flexibility index (Phi) is 3.31. The van der Waals surface area contributed by atoms with E-state index in [1.54, 1.807) is 6.92 Å². The van der Waals surface area contributed by atoms with Gasteiger partial charge in [-0.05, 0) is 31.0 Å². The van der Waals surface area contributed by atoms with Crippen LogP contribution in [0, 0.1) is 13.8 Å². The molecule has 1 N–H and O–H groups in total. The smallest absolute Gasteiger partial charge is 0.346 e. The predicted molar refractivity (Wildman–Crippen MR) is 80.4 cm³/mol. The lowest BCUT2D eigenvalue weighted by Gasteiger charge is -2.08. The summed E-state index contributed by atoms with van der Waals surface area (Å²) in [6, 6.07) is 7.60. The molecule has 3 rings (SSSR count). The molecule has 0 aliphatic rings. The van der Waals surface area contributed by atoms with E-state index >= 15 is 0 Å². The minimum absolute atomic E-state index is 0.264. The molecule has 0 amide bonds. The fourth-order valence-corrected chi connectivity index (χ4v) is 3.07. The van der Waals surface area contributed by atoms with Crippen molar-refractivity contribution in [3.05, 3.63) is 46.6 Å². The van der Waals surface area contributed by atoms with Crippen LogP contribution in [0.1, 0.15) is 20.8 Å². The molecule has 1 aromatic carbocycles. The minimum atomic E-state index is -0.961. The van der Waals surface area contributed by atoms with Gasteiger partial charge in [0.1, 0.15) is 21.8 Å². The minimum Gasteiger partial charge on any atom is -0.477 e. The van der Waals surface area contributed by atoms with Gasteiger partial charge < -0.3 is 9.84 Å². The quantitative estimate of drug-likeness (QED) is 0.796. The third-order valence-electron chi connectivity index (χ3n) is 3.19. The summed E-state index contributed by atoms with van der Waals surface area (Å²) in [4.78, 5) is 20.4. The molecule has 0 saturated heterocycles. The second-order valence-electron chi connectivity index (χ2n) is 4.59. The number of hydrogen-bond acceptors (Lipinski definition) is 5. The molecular weight excluding hydrogens is 288 g/mol. The van der Waals surface area contributed by atoms with Crippen LogP contribution in [0.4, 0.5) is 0 Å². The van der Waals surface area contributed by atoms with E-state index in [-0.39, 0.29) is 4.88 Å². The second-order valence-corrected chi connectivity index (χ2v) is 5.59. The molecule has 2 heterocycles. The summed E-state index contributed by atoms with van der Waals surface area (Å²) in [5.41, 5.74) is 1.61. The fourth-order valence-electron chi connectivity index (χ4n) is 2.10. The molecule has 3 aromatic rings. The van der Waals surface area contributed by atoms with Crippen LogP contribution in [0.25, 0.3) is 10.2 Å². The zero-order valence-corrected chi connectivity index (χ0v) is 12.3. The Bertz CT molecular complexity index is 842. The van der Waals surface area contributed by atoms with Crippen molar-refractivity contribution in [3.8, 4) is 11.6 Å². The Morgan fingerprint density at radius 1 is 1.24 bits per heavy atom. The van der Waals surface area contributed by atoms with Gasteiger partial charge in [0.15, 0.2) is 0 Å². The number of carboxylic acids is 1. The van der Waals surface area contributed by atoms with E-state index < -0.39 is 5.97 Å². The Hall–Kier alpha value is -2.47. The summed E-state index contributed by atoms with van der Waals surface area (Å²) in [6.45, 7) is 3.69. The number of ether oxygens (including phenoxy) is 1. The lowest BCUT2D eigenvalue weighted by atomic mass is 10.2. The van der Waals surface area contributed by atoms with Crippen LogP contribution < -0.4 is 4.74 Å². The van der Waals surface area contributed by atoms with E-state index in [1.807, 2.05) is 31.2 Å². The predicted octanol–water partition coefficient (Wildman–Crippen LogP) is 3.80. The number of aryl methyl sites for hydroxylation is 2. The Labute approximate surface area is 124 Å². The van der Waals surface area contributed by atoms with Gasteiger partial charge in [0.05, 0.1) is 5.39 Å². The van der Waals surface area contributed by atoms with Gasteiger partial charge >= 0.3 is 5.97 Å². The van der Waals surface area contributed by atoms with E-state index in [0.717, 1.165) is 16.9 Å². The highest BCUT2D eigenvalue weighted by Gasteiger charge is 2.19. The Morgan fingerprint density at radius 2 is 2.00 bits per heavy atom. The molecule has 6 heteroatoms. The molecule has 0 aliphatic carbocycles. The van der Waals surface area contributed by atoms with Crippen LogP contribution in [-0.4, -0.2) is 21.0 Å². The zero-order chi connectivity index (χ0) is 15.0. The van der Waals surface area contributed by atoms with Gasteiger partial charge in [-0.3, -0.25) is 0 Å². The van der Waals surface area contributed by atoms with Crippen molar-refractivity contribution in [2.45, 2.75) is 13.8 Å². The molecule has 0 bridgehead atoms. The number of nitrogens with zero attached hydrogens (tertiary/aromatic N) is 2. The van der Waals surface area contributed by atoms with Crippen molar-refractivity contribution in [1.29, 1.82) is 0 Å². The number of thiophene rings is 1. The molecule has 0 saturated carbocycles. The summed E-state index contributed by atoms with van der Waals surface area (Å²) in [5.74, 6) is 0.118. The summed E-state index contributed by atoms with van der Waals surface area (Å²) in [6.07, 6.45) is 1.39. The van der Waals surface area contributed by atoms with E-state index in [9.17, 15) is 9.90 Å². The summed E-state index contributed by atoms with van der Waals surface area (Å²) in [7, 11) is 0. The standard InChI is InChI=1S/C15H12N2O3S/c1-8-5-3-4-6-10(8)20-13-11-9(2)12(15(18)19)21-14(11)17-7-16-13/h3-7H,1-2H3,(H,18,19). The Balaban J connectivity index is 2.15. The van der Waals surface area contributed by atoms with Crippen LogP contribution in [0.15, 0.2) is 30.6 Å². The van der Waals surface area contributed by atoms with Gasteiger partial charge in [0, 0.05) is 0 Å². The van der Waals surface area contributed by atoms with Crippen molar-refractivity contribution in [2.24, 2.45) is 0 Å². The van der Waals surface area contributed by atoms with Crippen LogP contribution >= 0.6 is 11.3 Å². The molecule has 0 aliphatic heterocycles. The van der Waals surface area contributed by atoms with E-state index in [1.165, 1.54) is 6.33 Å². The summed E-state index contributed by atoms with van der Waals surface area (Å²) >= 11 is 1.13. The van der Waals surface area contributed by atoms with Gasteiger partial charge in [0.2, 0.25) is 5.88 Å². The van der Waals surface area contributed by atoms with Crippen molar-refractivity contribution in [1.82, 2.24) is 9.97 Å². The second kappa shape index (κ2) is 5.14.